The molecule has 0 radical (unpaired) electrons. The Kier molecular flexibility index (Phi) is 3.25. The zero-order valence-corrected chi connectivity index (χ0v) is 11.1. The maximum absolute atomic E-state index is 11.7. The van der Waals surface area contributed by atoms with Crippen LogP contribution in [-0.2, 0) is 4.74 Å². The van der Waals surface area contributed by atoms with Gasteiger partial charge in [-0.05, 0) is 25.1 Å². The standard InChI is InChI=1S/C17H14O3/c1-2-19-17(18)14-9-8-13-10-15(20-16(13)11-14)12-6-4-3-5-7-12/h3-11H,2H2,1H3. The van der Waals surface area contributed by atoms with Crippen LogP contribution in [0.2, 0.25) is 0 Å². The van der Waals surface area contributed by atoms with E-state index in [4.69, 9.17) is 9.15 Å². The van der Waals surface area contributed by atoms with Crippen LogP contribution >= 0.6 is 0 Å². The van der Waals surface area contributed by atoms with Crippen molar-refractivity contribution in [2.24, 2.45) is 0 Å². The molecule has 100 valence electrons. The molecule has 0 N–H and O–H groups in total. The van der Waals surface area contributed by atoms with Gasteiger partial charge in [0, 0.05) is 10.9 Å². The maximum Gasteiger partial charge on any atom is 0.338 e. The lowest BCUT2D eigenvalue weighted by Crippen LogP contribution is -2.03. The number of hydrogen-bond donors (Lipinski definition) is 0. The quantitative estimate of drug-likeness (QED) is 0.664. The Balaban J connectivity index is 2.02. The van der Waals surface area contributed by atoms with Crippen LogP contribution in [0.3, 0.4) is 0 Å². The van der Waals surface area contributed by atoms with Crippen molar-refractivity contribution in [2.45, 2.75) is 6.92 Å². The molecule has 0 spiro atoms. The number of carbonyl (C=O) groups is 1. The Hall–Kier alpha value is -2.55. The van der Waals surface area contributed by atoms with Crippen molar-refractivity contribution < 1.29 is 13.9 Å². The molecule has 0 bridgehead atoms. The second kappa shape index (κ2) is 5.21. The van der Waals surface area contributed by atoms with E-state index >= 15 is 0 Å². The lowest BCUT2D eigenvalue weighted by Gasteiger charge is -2.00. The van der Waals surface area contributed by atoms with Gasteiger partial charge in [0.05, 0.1) is 12.2 Å². The number of esters is 1. The van der Waals surface area contributed by atoms with Crippen LogP contribution in [-0.4, -0.2) is 12.6 Å². The Morgan fingerprint density at radius 1 is 1.10 bits per heavy atom. The van der Waals surface area contributed by atoms with Gasteiger partial charge in [-0.15, -0.1) is 0 Å². The van der Waals surface area contributed by atoms with Gasteiger partial charge in [-0.1, -0.05) is 36.4 Å². The molecule has 0 amide bonds. The van der Waals surface area contributed by atoms with Crippen LogP contribution in [0.25, 0.3) is 22.3 Å². The minimum atomic E-state index is -0.327. The molecule has 2 aromatic carbocycles. The highest BCUT2D eigenvalue weighted by molar-refractivity contribution is 5.94. The van der Waals surface area contributed by atoms with E-state index in [1.807, 2.05) is 42.5 Å². The van der Waals surface area contributed by atoms with Gasteiger partial charge in [0.2, 0.25) is 0 Å². The second-order valence-electron chi connectivity index (χ2n) is 4.45. The van der Waals surface area contributed by atoms with Crippen LogP contribution in [0, 0.1) is 0 Å². The van der Waals surface area contributed by atoms with Crippen molar-refractivity contribution in [3.63, 3.8) is 0 Å². The molecule has 1 heterocycles. The van der Waals surface area contributed by atoms with Crippen LogP contribution < -0.4 is 0 Å². The Bertz CT molecular complexity index is 741. The smallest absolute Gasteiger partial charge is 0.338 e. The Morgan fingerprint density at radius 2 is 1.90 bits per heavy atom. The van der Waals surface area contributed by atoms with E-state index in [2.05, 4.69) is 0 Å². The fourth-order valence-electron chi connectivity index (χ4n) is 2.12. The highest BCUT2D eigenvalue weighted by atomic mass is 16.5. The molecule has 0 unspecified atom stereocenters. The molecule has 0 aliphatic heterocycles. The average molecular weight is 266 g/mol. The summed E-state index contributed by atoms with van der Waals surface area (Å²) < 4.78 is 10.8. The molecule has 1 aromatic heterocycles. The fraction of sp³-hybridized carbons (Fsp3) is 0.118. The van der Waals surface area contributed by atoms with Crippen LogP contribution in [0.5, 0.6) is 0 Å². The zero-order valence-electron chi connectivity index (χ0n) is 11.1. The van der Waals surface area contributed by atoms with E-state index in [-0.39, 0.29) is 5.97 Å². The monoisotopic (exact) mass is 266 g/mol. The maximum atomic E-state index is 11.7. The normalized spacial score (nSPS) is 10.7. The van der Waals surface area contributed by atoms with E-state index in [1.165, 1.54) is 0 Å². The molecule has 0 fully saturated rings. The first-order chi connectivity index (χ1) is 9.78. The minimum absolute atomic E-state index is 0.327. The highest BCUT2D eigenvalue weighted by Gasteiger charge is 2.11. The number of benzene rings is 2. The van der Waals surface area contributed by atoms with Crippen molar-refractivity contribution in [1.82, 2.24) is 0 Å². The van der Waals surface area contributed by atoms with Gasteiger partial charge in [-0.3, -0.25) is 0 Å². The van der Waals surface area contributed by atoms with E-state index in [9.17, 15) is 4.79 Å². The molecule has 0 atom stereocenters. The summed E-state index contributed by atoms with van der Waals surface area (Å²) in [5, 5.41) is 0.969. The van der Waals surface area contributed by atoms with Crippen molar-refractivity contribution in [1.29, 1.82) is 0 Å². The third-order valence-electron chi connectivity index (χ3n) is 3.09. The second-order valence-corrected chi connectivity index (χ2v) is 4.45. The van der Waals surface area contributed by atoms with Crippen molar-refractivity contribution in [3.05, 3.63) is 60.2 Å². The lowest BCUT2D eigenvalue weighted by molar-refractivity contribution is 0.0526. The van der Waals surface area contributed by atoms with E-state index in [0.29, 0.717) is 17.8 Å². The zero-order chi connectivity index (χ0) is 13.9. The van der Waals surface area contributed by atoms with E-state index in [1.54, 1.807) is 19.1 Å². The molecule has 0 aliphatic rings. The minimum Gasteiger partial charge on any atom is -0.462 e. The summed E-state index contributed by atoms with van der Waals surface area (Å²) in [6.07, 6.45) is 0. The number of rotatable bonds is 3. The number of hydrogen-bond acceptors (Lipinski definition) is 3. The van der Waals surface area contributed by atoms with Gasteiger partial charge in [-0.25, -0.2) is 4.79 Å². The largest absolute Gasteiger partial charge is 0.462 e. The van der Waals surface area contributed by atoms with Crippen LogP contribution in [0.4, 0.5) is 0 Å². The van der Waals surface area contributed by atoms with Crippen LogP contribution in [0.1, 0.15) is 17.3 Å². The summed E-state index contributed by atoms with van der Waals surface area (Å²) in [6.45, 7) is 2.15. The van der Waals surface area contributed by atoms with Crippen molar-refractivity contribution in [2.75, 3.05) is 6.61 Å². The van der Waals surface area contributed by atoms with Gasteiger partial charge in [0.15, 0.2) is 0 Å². The fourth-order valence-corrected chi connectivity index (χ4v) is 2.12. The Morgan fingerprint density at radius 3 is 2.65 bits per heavy atom. The molecule has 20 heavy (non-hydrogen) atoms. The third-order valence-corrected chi connectivity index (χ3v) is 3.09. The number of furan rings is 1. The summed E-state index contributed by atoms with van der Waals surface area (Å²) in [6, 6.07) is 17.2. The lowest BCUT2D eigenvalue weighted by atomic mass is 10.1. The van der Waals surface area contributed by atoms with Gasteiger partial charge < -0.3 is 9.15 Å². The summed E-state index contributed by atoms with van der Waals surface area (Å²) in [5.74, 6) is 0.466. The first-order valence-corrected chi connectivity index (χ1v) is 6.54. The van der Waals surface area contributed by atoms with Crippen LogP contribution in [0.15, 0.2) is 59.0 Å². The molecule has 3 rings (SSSR count). The van der Waals surface area contributed by atoms with Gasteiger partial charge >= 0.3 is 5.97 Å². The molecule has 0 saturated heterocycles. The molecule has 3 nitrogen and oxygen atoms in total. The molecule has 3 aromatic rings. The molecule has 3 heteroatoms. The summed E-state index contributed by atoms with van der Waals surface area (Å²) >= 11 is 0. The average Bonchev–Trinajstić information content (AvgIpc) is 2.91. The molecule has 0 saturated carbocycles. The number of ether oxygens (including phenoxy) is 1. The number of carbonyl (C=O) groups excluding carboxylic acids is 1. The molecular weight excluding hydrogens is 252 g/mol. The Labute approximate surface area is 116 Å². The predicted octanol–water partition coefficient (Wildman–Crippen LogP) is 4.28. The third kappa shape index (κ3) is 2.30. The highest BCUT2D eigenvalue weighted by Crippen LogP contribution is 2.28. The first kappa shape index (κ1) is 12.5. The van der Waals surface area contributed by atoms with E-state index < -0.39 is 0 Å². The summed E-state index contributed by atoms with van der Waals surface area (Å²) in [5.41, 5.74) is 2.21. The molecule has 0 aliphatic carbocycles. The summed E-state index contributed by atoms with van der Waals surface area (Å²) in [7, 11) is 0. The predicted molar refractivity (Wildman–Crippen MR) is 77.6 cm³/mol. The van der Waals surface area contributed by atoms with Crippen molar-refractivity contribution in [3.8, 4) is 11.3 Å². The van der Waals surface area contributed by atoms with Gasteiger partial charge in [0.1, 0.15) is 11.3 Å². The topological polar surface area (TPSA) is 39.4 Å². The van der Waals surface area contributed by atoms with Gasteiger partial charge in [0.25, 0.3) is 0 Å². The SMILES string of the molecule is CCOC(=O)c1ccc2cc(-c3ccccc3)oc2c1. The van der Waals surface area contributed by atoms with Crippen molar-refractivity contribution >= 4 is 16.9 Å². The van der Waals surface area contributed by atoms with E-state index in [0.717, 1.165) is 16.7 Å². The molecular formula is C17H14O3. The number of fused-ring (bicyclic) bond motifs is 1. The van der Waals surface area contributed by atoms with Gasteiger partial charge in [-0.2, -0.15) is 0 Å². The first-order valence-electron chi connectivity index (χ1n) is 6.54. The summed E-state index contributed by atoms with van der Waals surface area (Å²) in [4.78, 5) is 11.7.